The molecule has 230 valence electrons. The molecule has 0 atom stereocenters. The van der Waals surface area contributed by atoms with Gasteiger partial charge in [0.05, 0.1) is 28.1 Å². The van der Waals surface area contributed by atoms with Crippen molar-refractivity contribution in [3.63, 3.8) is 0 Å². The van der Waals surface area contributed by atoms with Crippen LogP contribution in [0.25, 0.3) is 69.6 Å². The Hall–Kier alpha value is -6.16. The fourth-order valence-corrected chi connectivity index (χ4v) is 8.90. The minimum absolute atomic E-state index is 1.14. The van der Waals surface area contributed by atoms with E-state index in [1.165, 1.54) is 69.6 Å². The second-order valence-corrected chi connectivity index (χ2v) is 13.5. The average Bonchev–Trinajstić information content (AvgIpc) is 3.72. The van der Waals surface area contributed by atoms with E-state index in [9.17, 15) is 0 Å². The van der Waals surface area contributed by atoms with E-state index >= 15 is 0 Å². The molecule has 0 bridgehead atoms. The van der Waals surface area contributed by atoms with Gasteiger partial charge < -0.3 is 9.47 Å². The number of para-hydroxylation sites is 3. The summed E-state index contributed by atoms with van der Waals surface area (Å²) in [6.07, 6.45) is 0. The number of hydrogen-bond acceptors (Lipinski definition) is 2. The van der Waals surface area contributed by atoms with Crippen molar-refractivity contribution in [2.75, 3.05) is 4.90 Å². The zero-order valence-electron chi connectivity index (χ0n) is 26.6. The van der Waals surface area contributed by atoms with E-state index in [0.29, 0.717) is 0 Å². The molecular formula is C46H30N2S. The molecule has 0 N–H and O–H groups in total. The van der Waals surface area contributed by atoms with Gasteiger partial charge in [-0.15, -0.1) is 11.3 Å². The first-order valence-electron chi connectivity index (χ1n) is 16.7. The van der Waals surface area contributed by atoms with E-state index in [4.69, 9.17) is 0 Å². The highest BCUT2D eigenvalue weighted by molar-refractivity contribution is 7.26. The number of rotatable bonds is 5. The third-order valence-electron chi connectivity index (χ3n) is 9.76. The van der Waals surface area contributed by atoms with Crippen LogP contribution in [-0.2, 0) is 0 Å². The molecule has 3 heteroatoms. The molecule has 0 aliphatic rings. The SMILES string of the molecule is c1ccc(-c2ccccc2N(c2cc3c4ccccc4sc3c3ccccc23)c2cccc3c2c2ccccc2n3-c2ccccc2)cc1. The molecule has 0 fully saturated rings. The summed E-state index contributed by atoms with van der Waals surface area (Å²) in [5, 5.41) is 7.54. The summed E-state index contributed by atoms with van der Waals surface area (Å²) in [5.74, 6) is 0. The molecule has 2 heterocycles. The molecule has 0 saturated heterocycles. The maximum absolute atomic E-state index is 2.53. The minimum Gasteiger partial charge on any atom is -0.309 e. The van der Waals surface area contributed by atoms with Gasteiger partial charge in [0.2, 0.25) is 0 Å². The molecule has 2 nitrogen and oxygen atoms in total. The lowest BCUT2D eigenvalue weighted by Gasteiger charge is -2.30. The first kappa shape index (κ1) is 27.9. The highest BCUT2D eigenvalue weighted by atomic mass is 32.1. The third kappa shape index (κ3) is 4.33. The molecule has 10 aromatic rings. The molecule has 10 rings (SSSR count). The van der Waals surface area contributed by atoms with Crippen molar-refractivity contribution in [3.05, 3.63) is 182 Å². The first-order valence-corrected chi connectivity index (χ1v) is 17.5. The molecule has 0 aliphatic heterocycles. The Kier molecular flexibility index (Phi) is 6.39. The van der Waals surface area contributed by atoms with Crippen LogP contribution in [0.4, 0.5) is 17.1 Å². The molecule has 2 aromatic heterocycles. The zero-order valence-corrected chi connectivity index (χ0v) is 27.4. The Morgan fingerprint density at radius 1 is 0.408 bits per heavy atom. The van der Waals surface area contributed by atoms with Crippen molar-refractivity contribution in [2.45, 2.75) is 0 Å². The molecule has 0 amide bonds. The highest BCUT2D eigenvalue weighted by Gasteiger charge is 2.25. The van der Waals surface area contributed by atoms with Crippen LogP contribution in [0.2, 0.25) is 0 Å². The number of thiophene rings is 1. The van der Waals surface area contributed by atoms with Crippen LogP contribution in [0.15, 0.2) is 182 Å². The van der Waals surface area contributed by atoms with Crippen LogP contribution in [0.3, 0.4) is 0 Å². The predicted octanol–water partition coefficient (Wildman–Crippen LogP) is 13.4. The van der Waals surface area contributed by atoms with Crippen LogP contribution in [0.1, 0.15) is 0 Å². The van der Waals surface area contributed by atoms with Gasteiger partial charge in [-0.25, -0.2) is 0 Å². The van der Waals surface area contributed by atoms with Crippen LogP contribution in [-0.4, -0.2) is 4.57 Å². The Morgan fingerprint density at radius 2 is 1.02 bits per heavy atom. The molecular weight excluding hydrogens is 613 g/mol. The maximum atomic E-state index is 2.53. The van der Waals surface area contributed by atoms with Crippen LogP contribution >= 0.6 is 11.3 Å². The van der Waals surface area contributed by atoms with Gasteiger partial charge in [-0.05, 0) is 54.1 Å². The first-order chi connectivity index (χ1) is 24.3. The summed E-state index contributed by atoms with van der Waals surface area (Å²) in [7, 11) is 0. The van der Waals surface area contributed by atoms with Gasteiger partial charge >= 0.3 is 0 Å². The van der Waals surface area contributed by atoms with Gasteiger partial charge in [0, 0.05) is 53.0 Å². The van der Waals surface area contributed by atoms with Crippen molar-refractivity contribution in [1.29, 1.82) is 0 Å². The summed E-state index contributed by atoms with van der Waals surface area (Å²) < 4.78 is 5.04. The lowest BCUT2D eigenvalue weighted by molar-refractivity contribution is 1.18. The summed E-state index contributed by atoms with van der Waals surface area (Å²) in [5.41, 5.74) is 9.35. The van der Waals surface area contributed by atoms with Crippen molar-refractivity contribution in [2.24, 2.45) is 0 Å². The van der Waals surface area contributed by atoms with Gasteiger partial charge in [0.25, 0.3) is 0 Å². The lowest BCUT2D eigenvalue weighted by Crippen LogP contribution is -2.12. The topological polar surface area (TPSA) is 8.17 Å². The number of fused-ring (bicyclic) bond motifs is 8. The highest BCUT2D eigenvalue weighted by Crippen LogP contribution is 2.50. The monoisotopic (exact) mass is 642 g/mol. The van der Waals surface area contributed by atoms with Crippen molar-refractivity contribution in [1.82, 2.24) is 4.57 Å². The van der Waals surface area contributed by atoms with Gasteiger partial charge in [0.15, 0.2) is 0 Å². The van der Waals surface area contributed by atoms with Crippen LogP contribution < -0.4 is 4.90 Å². The molecule has 0 aliphatic carbocycles. The molecule has 8 aromatic carbocycles. The van der Waals surface area contributed by atoms with Gasteiger partial charge in [-0.2, -0.15) is 0 Å². The summed E-state index contributed by atoms with van der Waals surface area (Å²) in [6.45, 7) is 0. The van der Waals surface area contributed by atoms with E-state index in [-0.39, 0.29) is 0 Å². The quantitative estimate of drug-likeness (QED) is 0.181. The number of anilines is 3. The molecule has 0 spiro atoms. The summed E-state index contributed by atoms with van der Waals surface area (Å²) in [6, 6.07) is 66.1. The van der Waals surface area contributed by atoms with Crippen molar-refractivity contribution >= 4 is 81.1 Å². The van der Waals surface area contributed by atoms with Crippen molar-refractivity contribution in [3.8, 4) is 16.8 Å². The fourth-order valence-electron chi connectivity index (χ4n) is 7.67. The Balaban J connectivity index is 1.38. The smallest absolute Gasteiger partial charge is 0.0562 e. The maximum Gasteiger partial charge on any atom is 0.0562 e. The predicted molar refractivity (Wildman–Crippen MR) is 211 cm³/mol. The number of aromatic nitrogens is 1. The Bertz CT molecular complexity index is 2830. The largest absolute Gasteiger partial charge is 0.309 e. The number of benzene rings is 8. The van der Waals surface area contributed by atoms with E-state index in [1.54, 1.807) is 0 Å². The normalized spacial score (nSPS) is 11.7. The van der Waals surface area contributed by atoms with E-state index in [2.05, 4.69) is 191 Å². The van der Waals surface area contributed by atoms with Crippen molar-refractivity contribution < 1.29 is 0 Å². The second kappa shape index (κ2) is 11.2. The Labute approximate surface area is 288 Å². The third-order valence-corrected chi connectivity index (χ3v) is 11.0. The molecule has 49 heavy (non-hydrogen) atoms. The minimum atomic E-state index is 1.14. The zero-order chi connectivity index (χ0) is 32.3. The lowest BCUT2D eigenvalue weighted by atomic mass is 9.98. The van der Waals surface area contributed by atoms with E-state index < -0.39 is 0 Å². The van der Waals surface area contributed by atoms with Gasteiger partial charge in [-0.3, -0.25) is 0 Å². The Morgan fingerprint density at radius 3 is 1.86 bits per heavy atom. The van der Waals surface area contributed by atoms with Gasteiger partial charge in [-0.1, -0.05) is 133 Å². The standard InChI is InChI=1S/C46H30N2S/c1-3-16-31(17-4-1)33-20-9-12-25-39(33)48(43-30-38-35-22-11-14-29-44(35)49-46(38)36-23-8-7-21-34(36)43)42-28-15-27-41-45(42)37-24-10-13-26-40(37)47(41)32-18-5-2-6-19-32/h1-30H. The molecule has 0 radical (unpaired) electrons. The van der Waals surface area contributed by atoms with Crippen LogP contribution in [0, 0.1) is 0 Å². The molecule has 0 saturated carbocycles. The number of hydrogen-bond donors (Lipinski definition) is 0. The summed E-state index contributed by atoms with van der Waals surface area (Å²) in [4.78, 5) is 2.53. The second-order valence-electron chi connectivity index (χ2n) is 12.5. The number of nitrogens with zero attached hydrogens (tertiary/aromatic N) is 2. The average molecular weight is 643 g/mol. The van der Waals surface area contributed by atoms with E-state index in [1.807, 2.05) is 11.3 Å². The van der Waals surface area contributed by atoms with Crippen LogP contribution in [0.5, 0.6) is 0 Å². The van der Waals surface area contributed by atoms with E-state index in [0.717, 1.165) is 17.1 Å². The fraction of sp³-hybridized carbons (Fsp3) is 0. The molecule has 0 unspecified atom stereocenters. The summed E-state index contributed by atoms with van der Waals surface area (Å²) >= 11 is 1.89. The van der Waals surface area contributed by atoms with Gasteiger partial charge in [0.1, 0.15) is 0 Å².